The third-order valence-corrected chi connectivity index (χ3v) is 12.5. The molecule has 0 unspecified atom stereocenters. The van der Waals surface area contributed by atoms with Gasteiger partial charge in [0.05, 0.1) is 10.7 Å². The van der Waals surface area contributed by atoms with Crippen molar-refractivity contribution in [1.29, 1.82) is 0 Å². The third kappa shape index (κ3) is 10.6. The second-order valence-corrected chi connectivity index (χ2v) is 16.4. The van der Waals surface area contributed by atoms with Gasteiger partial charge in [0.15, 0.2) is 12.3 Å². The summed E-state index contributed by atoms with van der Waals surface area (Å²) < 4.78 is 3.52. The average Bonchev–Trinajstić information content (AvgIpc) is 3.68. The first kappa shape index (κ1) is 38.4. The fraction of sp³-hybridized carbons (Fsp3) is 0.545. The number of benzene rings is 2. The summed E-state index contributed by atoms with van der Waals surface area (Å²) in [6, 6.07) is 16.9. The molecule has 0 saturated heterocycles. The van der Waals surface area contributed by atoms with E-state index in [2.05, 4.69) is 71.8 Å². The predicted octanol–water partition coefficient (Wildman–Crippen LogP) is 12.1. The van der Waals surface area contributed by atoms with E-state index in [4.69, 9.17) is 0 Å². The number of aromatic nitrogens is 1. The molecule has 0 amide bonds. The highest BCUT2D eigenvalue weighted by molar-refractivity contribution is 8.03. The average molecular weight is 713 g/mol. The maximum atomic E-state index is 13.6. The van der Waals surface area contributed by atoms with Gasteiger partial charge in [-0.1, -0.05) is 176 Å². The van der Waals surface area contributed by atoms with Gasteiger partial charge in [0.25, 0.3) is 5.01 Å². The topological polar surface area (TPSA) is 47.2 Å². The molecule has 0 N–H and O–H groups in total. The van der Waals surface area contributed by atoms with Crippen molar-refractivity contribution in [2.75, 3.05) is 11.4 Å². The molecule has 3 aromatic rings. The Morgan fingerprint density at radius 2 is 1.24 bits per heavy atom. The number of hydrogen-bond donors (Lipinski definition) is 0. The first-order chi connectivity index (χ1) is 24.6. The minimum Gasteiger partial charge on any atom is -0.871 e. The van der Waals surface area contributed by atoms with Crippen molar-refractivity contribution < 1.29 is 14.5 Å². The largest absolute Gasteiger partial charge is 0.871 e. The molecule has 1 aliphatic carbocycles. The second-order valence-electron chi connectivity index (χ2n) is 14.3. The van der Waals surface area contributed by atoms with Crippen LogP contribution in [0.4, 0.5) is 5.69 Å². The molecule has 1 aliphatic heterocycles. The van der Waals surface area contributed by atoms with E-state index in [-0.39, 0.29) is 11.5 Å². The monoisotopic (exact) mass is 712 g/mol. The van der Waals surface area contributed by atoms with E-state index in [0.29, 0.717) is 11.1 Å². The number of anilines is 1. The Kier molecular flexibility index (Phi) is 16.0. The number of nitrogens with zero attached hydrogens (tertiary/aromatic N) is 2. The van der Waals surface area contributed by atoms with Crippen LogP contribution in [0.2, 0.25) is 0 Å². The van der Waals surface area contributed by atoms with Gasteiger partial charge in [-0.3, -0.25) is 4.79 Å². The molecule has 2 aromatic carbocycles. The smallest absolute Gasteiger partial charge is 0.263 e. The van der Waals surface area contributed by atoms with Gasteiger partial charge in [-0.15, -0.1) is 0 Å². The minimum absolute atomic E-state index is 0.124. The second kappa shape index (κ2) is 20.9. The van der Waals surface area contributed by atoms with Crippen molar-refractivity contribution >= 4 is 50.9 Å². The van der Waals surface area contributed by atoms with Crippen LogP contribution in [0.15, 0.2) is 81.4 Å². The lowest BCUT2D eigenvalue weighted by Gasteiger charge is -2.29. The van der Waals surface area contributed by atoms with Gasteiger partial charge in [-0.2, -0.15) is 4.57 Å². The van der Waals surface area contributed by atoms with Crippen molar-refractivity contribution in [3.05, 3.63) is 81.5 Å². The number of thioether (sulfide) groups is 1. The molecule has 270 valence electrons. The predicted molar refractivity (Wildman–Crippen MR) is 213 cm³/mol. The normalized spacial score (nSPS) is 16.0. The zero-order valence-electron chi connectivity index (χ0n) is 30.9. The number of thiazole rings is 1. The number of para-hydroxylation sites is 2. The summed E-state index contributed by atoms with van der Waals surface area (Å²) in [5, 5.41) is 15.5. The number of carbonyl (C=O) groups excluding carboxylic acids is 1. The van der Waals surface area contributed by atoms with Crippen molar-refractivity contribution in [1.82, 2.24) is 0 Å². The van der Waals surface area contributed by atoms with Gasteiger partial charge >= 0.3 is 0 Å². The Balaban J connectivity index is 1.20. The molecule has 1 aromatic heterocycles. The van der Waals surface area contributed by atoms with Crippen LogP contribution < -0.4 is 14.6 Å². The van der Waals surface area contributed by atoms with Crippen LogP contribution in [-0.2, 0) is 11.3 Å². The lowest BCUT2D eigenvalue weighted by atomic mass is 9.88. The third-order valence-electron chi connectivity index (χ3n) is 10.3. The lowest BCUT2D eigenvalue weighted by Crippen LogP contribution is -2.36. The van der Waals surface area contributed by atoms with E-state index >= 15 is 0 Å². The van der Waals surface area contributed by atoms with Gasteiger partial charge in [0.2, 0.25) is 5.52 Å². The maximum absolute atomic E-state index is 13.6. The summed E-state index contributed by atoms with van der Waals surface area (Å²) in [5.74, 6) is -0.248. The van der Waals surface area contributed by atoms with Crippen molar-refractivity contribution in [2.45, 2.75) is 154 Å². The number of allylic oxidation sites excluding steroid dienone is 3. The van der Waals surface area contributed by atoms with E-state index in [0.717, 1.165) is 36.0 Å². The Labute approximate surface area is 310 Å². The zero-order valence-corrected chi connectivity index (χ0v) is 32.5. The van der Waals surface area contributed by atoms with E-state index in [1.807, 2.05) is 12.2 Å². The quantitative estimate of drug-likeness (QED) is 0.0527. The minimum atomic E-state index is -0.124. The number of unbranched alkanes of at least 4 members (excludes halogenated alkanes) is 18. The van der Waals surface area contributed by atoms with Gasteiger partial charge in [-0.25, -0.2) is 0 Å². The highest BCUT2D eigenvalue weighted by atomic mass is 32.2. The molecule has 0 spiro atoms. The summed E-state index contributed by atoms with van der Waals surface area (Å²) in [6.45, 7) is 6.36. The van der Waals surface area contributed by atoms with Crippen LogP contribution in [0.5, 0.6) is 0 Å². The van der Waals surface area contributed by atoms with Crippen LogP contribution in [0.3, 0.4) is 0 Å². The number of ketones is 1. The Bertz CT molecular complexity index is 1620. The molecule has 2 aliphatic rings. The van der Waals surface area contributed by atoms with Crippen molar-refractivity contribution in [3.8, 4) is 0 Å². The summed E-state index contributed by atoms with van der Waals surface area (Å²) in [6.07, 6.45) is 29.8. The fourth-order valence-corrected chi connectivity index (χ4v) is 9.50. The molecule has 5 rings (SSSR count). The van der Waals surface area contributed by atoms with Gasteiger partial charge in [0.1, 0.15) is 4.70 Å². The van der Waals surface area contributed by atoms with Gasteiger partial charge < -0.3 is 10.0 Å². The van der Waals surface area contributed by atoms with Crippen molar-refractivity contribution in [3.63, 3.8) is 0 Å². The Morgan fingerprint density at radius 3 is 1.88 bits per heavy atom. The van der Waals surface area contributed by atoms with E-state index < -0.39 is 0 Å². The Hall–Kier alpha value is -2.83. The van der Waals surface area contributed by atoms with Crippen LogP contribution in [0, 0.1) is 0 Å². The molecule has 0 atom stereocenters. The fourth-order valence-electron chi connectivity index (χ4n) is 7.24. The molecular weight excluding hydrogens is 653 g/mol. The number of Topliss-reactive ketones (excluding diaryl/α,β-unsaturated/α-hetero) is 1. The van der Waals surface area contributed by atoms with Gasteiger partial charge in [-0.05, 0) is 37.1 Å². The molecule has 6 heteroatoms. The molecule has 0 bridgehead atoms. The summed E-state index contributed by atoms with van der Waals surface area (Å²) in [7, 11) is 0. The van der Waals surface area contributed by atoms with Gasteiger partial charge in [0, 0.05) is 41.1 Å². The first-order valence-corrected chi connectivity index (χ1v) is 21.6. The standard InChI is InChI=1S/C44H60N2O2S2/c1-3-5-7-9-11-13-15-17-19-25-31-45-37-27-21-23-29-39(37)49-41(45)33-35-43(47)36(44(35)48)34-42-46(38-28-22-24-30-40(38)50-42)32-26-20-18-16-14-12-10-8-6-4-2/h21-24,27-30,33-34H,3-20,25-26,31-32H2,1-2H3. The number of carbonyl (C=O) groups is 1. The SMILES string of the molecule is CCCCCCCCCCCCN1C(=CC2=C([O-])C(=Cc3sc4ccccc4[n+]3CCCCCCCCCCCC)C2=O)Sc2ccccc21. The number of rotatable bonds is 24. The highest BCUT2D eigenvalue weighted by Crippen LogP contribution is 2.47. The molecule has 50 heavy (non-hydrogen) atoms. The van der Waals surface area contributed by atoms with Crippen molar-refractivity contribution in [2.24, 2.45) is 0 Å². The molecule has 0 fully saturated rings. The lowest BCUT2D eigenvalue weighted by molar-refractivity contribution is -0.669. The number of hydrogen-bond acceptors (Lipinski definition) is 5. The molecule has 2 heterocycles. The highest BCUT2D eigenvalue weighted by Gasteiger charge is 2.31. The van der Waals surface area contributed by atoms with Crippen LogP contribution in [0.25, 0.3) is 16.3 Å². The van der Waals surface area contributed by atoms with E-state index in [1.54, 1.807) is 23.1 Å². The summed E-state index contributed by atoms with van der Waals surface area (Å²) in [4.78, 5) is 17.1. The molecule has 0 saturated carbocycles. The van der Waals surface area contributed by atoms with E-state index in [9.17, 15) is 9.90 Å². The number of aryl methyl sites for hydroxylation is 1. The molecular formula is C44H60N2O2S2. The maximum Gasteiger partial charge on any atom is 0.263 e. The van der Waals surface area contributed by atoms with E-state index in [1.165, 1.54) is 136 Å². The summed E-state index contributed by atoms with van der Waals surface area (Å²) >= 11 is 3.36. The van der Waals surface area contributed by atoms with Crippen LogP contribution >= 0.6 is 23.1 Å². The molecule has 0 radical (unpaired) electrons. The zero-order chi connectivity index (χ0) is 35.0. The first-order valence-electron chi connectivity index (χ1n) is 20.0. The van der Waals surface area contributed by atoms with Crippen LogP contribution in [0.1, 0.15) is 147 Å². The van der Waals surface area contributed by atoms with Crippen LogP contribution in [-0.4, -0.2) is 12.3 Å². The number of fused-ring (bicyclic) bond motifs is 2. The Morgan fingerprint density at radius 1 is 0.680 bits per heavy atom. The summed E-state index contributed by atoms with van der Waals surface area (Å²) in [5.41, 5.74) is 3.02. The molecule has 4 nitrogen and oxygen atoms in total.